The molecule has 6 heteroatoms. The lowest BCUT2D eigenvalue weighted by Gasteiger charge is -2.37. The molecule has 1 aromatic rings. The van der Waals surface area contributed by atoms with Crippen molar-refractivity contribution >= 4 is 34.8 Å². The molecule has 0 spiro atoms. The number of benzene rings is 1. The lowest BCUT2D eigenvalue weighted by molar-refractivity contribution is -0.141. The molecule has 1 amide bonds. The Balaban J connectivity index is 1.62. The van der Waals surface area contributed by atoms with Crippen LogP contribution >= 0.6 is 23.2 Å². The fourth-order valence-corrected chi connectivity index (χ4v) is 3.30. The number of carbonyl (C=O) groups is 1. The van der Waals surface area contributed by atoms with Crippen LogP contribution in [0.15, 0.2) is 18.2 Å². The number of piperazine rings is 1. The van der Waals surface area contributed by atoms with Crippen molar-refractivity contribution in [2.75, 3.05) is 37.7 Å². The van der Waals surface area contributed by atoms with Gasteiger partial charge in [-0.15, -0.1) is 0 Å². The molecule has 1 aromatic carbocycles. The summed E-state index contributed by atoms with van der Waals surface area (Å²) in [7, 11) is 0. The van der Waals surface area contributed by atoms with Crippen molar-refractivity contribution in [1.29, 1.82) is 0 Å². The molecule has 0 N–H and O–H groups in total. The highest BCUT2D eigenvalue weighted by Gasteiger charge is 2.30. The molecule has 1 atom stereocenters. The van der Waals surface area contributed by atoms with Gasteiger partial charge in [-0.3, -0.25) is 4.79 Å². The van der Waals surface area contributed by atoms with Gasteiger partial charge < -0.3 is 14.5 Å². The summed E-state index contributed by atoms with van der Waals surface area (Å²) in [5.74, 6) is 0.129. The molecule has 114 valence electrons. The van der Waals surface area contributed by atoms with Gasteiger partial charge in [0.2, 0.25) is 0 Å². The van der Waals surface area contributed by atoms with Crippen molar-refractivity contribution in [3.63, 3.8) is 0 Å². The number of nitrogens with zero attached hydrogens (tertiary/aromatic N) is 2. The largest absolute Gasteiger partial charge is 0.368 e. The third kappa shape index (κ3) is 3.12. The number of ether oxygens (including phenoxy) is 1. The molecule has 0 radical (unpaired) electrons. The zero-order valence-electron chi connectivity index (χ0n) is 11.7. The zero-order valence-corrected chi connectivity index (χ0v) is 13.2. The number of hydrogen-bond acceptors (Lipinski definition) is 3. The van der Waals surface area contributed by atoms with Gasteiger partial charge in [-0.25, -0.2) is 0 Å². The van der Waals surface area contributed by atoms with Crippen LogP contribution in [0.1, 0.15) is 12.8 Å². The van der Waals surface area contributed by atoms with E-state index in [0.717, 1.165) is 31.6 Å². The Morgan fingerprint density at radius 2 is 1.95 bits per heavy atom. The Morgan fingerprint density at radius 1 is 1.19 bits per heavy atom. The van der Waals surface area contributed by atoms with Crippen LogP contribution in [0.25, 0.3) is 0 Å². The van der Waals surface area contributed by atoms with Crippen LogP contribution < -0.4 is 4.90 Å². The monoisotopic (exact) mass is 328 g/mol. The number of anilines is 1. The molecule has 21 heavy (non-hydrogen) atoms. The minimum absolute atomic E-state index is 0.129. The highest BCUT2D eigenvalue weighted by atomic mass is 35.5. The van der Waals surface area contributed by atoms with E-state index < -0.39 is 0 Å². The second-order valence-electron chi connectivity index (χ2n) is 5.39. The second kappa shape index (κ2) is 6.42. The highest BCUT2D eigenvalue weighted by Crippen LogP contribution is 2.33. The van der Waals surface area contributed by atoms with Gasteiger partial charge in [-0.1, -0.05) is 29.3 Å². The molecule has 2 heterocycles. The normalized spacial score (nSPS) is 22.7. The molecule has 4 nitrogen and oxygen atoms in total. The Kier molecular flexibility index (Phi) is 4.57. The van der Waals surface area contributed by atoms with Crippen molar-refractivity contribution in [2.45, 2.75) is 18.9 Å². The summed E-state index contributed by atoms with van der Waals surface area (Å²) in [5.41, 5.74) is 0.938. The summed E-state index contributed by atoms with van der Waals surface area (Å²) in [6.07, 6.45) is 1.60. The Morgan fingerprint density at radius 3 is 2.62 bits per heavy atom. The van der Waals surface area contributed by atoms with Crippen molar-refractivity contribution in [2.24, 2.45) is 0 Å². The lowest BCUT2D eigenvalue weighted by Crippen LogP contribution is -2.51. The Labute approximate surface area is 134 Å². The second-order valence-corrected chi connectivity index (χ2v) is 6.17. The van der Waals surface area contributed by atoms with Gasteiger partial charge >= 0.3 is 0 Å². The molecular formula is C15H18Cl2N2O2. The van der Waals surface area contributed by atoms with Gasteiger partial charge in [-0.2, -0.15) is 0 Å². The fourth-order valence-electron chi connectivity index (χ4n) is 2.88. The molecule has 1 unspecified atom stereocenters. The summed E-state index contributed by atoms with van der Waals surface area (Å²) in [4.78, 5) is 16.4. The Hall–Kier alpha value is -0.970. The van der Waals surface area contributed by atoms with Crippen LogP contribution in [0.4, 0.5) is 5.69 Å². The highest BCUT2D eigenvalue weighted by molar-refractivity contribution is 6.43. The van der Waals surface area contributed by atoms with Crippen LogP contribution in [0.2, 0.25) is 10.0 Å². The molecule has 0 aliphatic carbocycles. The summed E-state index contributed by atoms with van der Waals surface area (Å²) < 4.78 is 5.47. The van der Waals surface area contributed by atoms with E-state index in [1.807, 2.05) is 17.0 Å². The first-order valence-corrected chi connectivity index (χ1v) is 8.02. The minimum Gasteiger partial charge on any atom is -0.368 e. The van der Waals surface area contributed by atoms with E-state index in [4.69, 9.17) is 27.9 Å². The number of halogens is 2. The first-order valence-electron chi connectivity index (χ1n) is 7.26. The van der Waals surface area contributed by atoms with Crippen molar-refractivity contribution in [3.8, 4) is 0 Å². The van der Waals surface area contributed by atoms with E-state index in [2.05, 4.69) is 4.90 Å². The average Bonchev–Trinajstić information content (AvgIpc) is 3.04. The number of amides is 1. The number of hydrogen-bond donors (Lipinski definition) is 0. The molecule has 0 saturated carbocycles. The maximum absolute atomic E-state index is 12.3. The first-order chi connectivity index (χ1) is 10.2. The molecule has 2 fully saturated rings. The maximum atomic E-state index is 12.3. The summed E-state index contributed by atoms with van der Waals surface area (Å²) in [5, 5.41) is 1.14. The van der Waals surface area contributed by atoms with E-state index >= 15 is 0 Å². The first kappa shape index (κ1) is 14.9. The fraction of sp³-hybridized carbons (Fsp3) is 0.533. The van der Waals surface area contributed by atoms with Gasteiger partial charge in [-0.05, 0) is 25.0 Å². The third-order valence-corrected chi connectivity index (χ3v) is 4.88. The molecule has 0 aromatic heterocycles. The SMILES string of the molecule is O=C(C1CCCO1)N1CCN(c2cccc(Cl)c2Cl)CC1. The van der Waals surface area contributed by atoms with E-state index in [-0.39, 0.29) is 12.0 Å². The van der Waals surface area contributed by atoms with Crippen molar-refractivity contribution in [1.82, 2.24) is 4.90 Å². The smallest absolute Gasteiger partial charge is 0.251 e. The predicted octanol–water partition coefficient (Wildman–Crippen LogP) is 2.82. The standard InChI is InChI=1S/C15H18Cl2N2O2/c16-11-3-1-4-12(14(11)17)18-6-8-19(9-7-18)15(20)13-5-2-10-21-13/h1,3-4,13H,2,5-10H2. The van der Waals surface area contributed by atoms with Crippen molar-refractivity contribution in [3.05, 3.63) is 28.2 Å². The lowest BCUT2D eigenvalue weighted by atomic mass is 10.2. The van der Waals surface area contributed by atoms with Crippen LogP contribution in [0, 0.1) is 0 Å². The van der Waals surface area contributed by atoms with Crippen LogP contribution in [0.5, 0.6) is 0 Å². The van der Waals surface area contributed by atoms with Crippen LogP contribution in [0.3, 0.4) is 0 Å². The van der Waals surface area contributed by atoms with Gasteiger partial charge in [0.1, 0.15) is 6.10 Å². The maximum Gasteiger partial charge on any atom is 0.251 e. The predicted molar refractivity (Wildman–Crippen MR) is 84.2 cm³/mol. The van der Waals surface area contributed by atoms with Crippen LogP contribution in [-0.2, 0) is 9.53 Å². The van der Waals surface area contributed by atoms with E-state index in [1.54, 1.807) is 6.07 Å². The molecule has 2 aliphatic rings. The molecule has 0 bridgehead atoms. The number of carbonyl (C=O) groups excluding carboxylic acids is 1. The number of rotatable bonds is 2. The third-order valence-electron chi connectivity index (χ3n) is 4.07. The van der Waals surface area contributed by atoms with Gasteiger partial charge in [0.15, 0.2) is 0 Å². The van der Waals surface area contributed by atoms with Gasteiger partial charge in [0.05, 0.1) is 15.7 Å². The molecule has 2 aliphatic heterocycles. The van der Waals surface area contributed by atoms with Gasteiger partial charge in [0, 0.05) is 32.8 Å². The summed E-state index contributed by atoms with van der Waals surface area (Å²) >= 11 is 12.3. The van der Waals surface area contributed by atoms with Crippen molar-refractivity contribution < 1.29 is 9.53 Å². The van der Waals surface area contributed by atoms with Crippen LogP contribution in [-0.4, -0.2) is 49.7 Å². The van der Waals surface area contributed by atoms with E-state index in [0.29, 0.717) is 29.7 Å². The summed E-state index contributed by atoms with van der Waals surface area (Å²) in [6.45, 7) is 3.62. The Bertz CT molecular complexity index is 524. The molecular weight excluding hydrogens is 311 g/mol. The van der Waals surface area contributed by atoms with Gasteiger partial charge in [0.25, 0.3) is 5.91 Å². The minimum atomic E-state index is -0.230. The quantitative estimate of drug-likeness (QED) is 0.836. The van der Waals surface area contributed by atoms with E-state index in [9.17, 15) is 4.79 Å². The summed E-state index contributed by atoms with van der Waals surface area (Å²) in [6, 6.07) is 5.64. The average molecular weight is 329 g/mol. The zero-order chi connectivity index (χ0) is 14.8. The topological polar surface area (TPSA) is 32.8 Å². The molecule has 3 rings (SSSR count). The molecule has 2 saturated heterocycles. The van der Waals surface area contributed by atoms with E-state index in [1.165, 1.54) is 0 Å².